The Morgan fingerprint density at radius 1 is 0.220 bits per heavy atom. The van der Waals surface area contributed by atoms with Crippen LogP contribution in [-0.4, -0.2) is 59.5 Å². The second-order valence-electron chi connectivity index (χ2n) is 14.4. The Balaban J connectivity index is 1.36. The molecule has 0 spiro atoms. The standard InChI is InChI=1S/C54H44SeSi4/c1-9-25-41(26-10-1)49(42-27-11-2-12-28-42)56-53(57-50(43-29-13-3-14-30-43)44-31-15-4-16-32-44)55-54(58-51(45-33-17-5-18-34-45)46-35-19-6-20-36-46)59-52(47-37-21-7-22-38-47)48-39-23-8-24-40-48/h1-40,49-52H. The molecule has 5 heteroatoms. The second kappa shape index (κ2) is 21.2. The summed E-state index contributed by atoms with van der Waals surface area (Å²) in [5.74, 6) is 0. The van der Waals surface area contributed by atoms with E-state index in [9.17, 15) is 0 Å². The molecule has 8 rings (SSSR count). The quantitative estimate of drug-likeness (QED) is 0.0849. The van der Waals surface area contributed by atoms with Gasteiger partial charge in [-0.25, -0.2) is 0 Å². The van der Waals surface area contributed by atoms with Gasteiger partial charge in [-0.15, -0.1) is 0 Å². The van der Waals surface area contributed by atoms with Crippen molar-refractivity contribution in [3.63, 3.8) is 0 Å². The molecule has 0 amide bonds. The molecule has 0 fully saturated rings. The first kappa shape index (κ1) is 40.7. The fourth-order valence-electron chi connectivity index (χ4n) is 7.43. The normalized spacial score (nSPS) is 11.3. The zero-order valence-corrected chi connectivity index (χ0v) is 38.5. The average molecular weight is 884 g/mol. The third-order valence-electron chi connectivity index (χ3n) is 10.4. The van der Waals surface area contributed by atoms with Crippen molar-refractivity contribution in [1.82, 2.24) is 0 Å². The fraction of sp³-hybridized carbons (Fsp3) is 0.0741. The van der Waals surface area contributed by atoms with Crippen LogP contribution in [0.1, 0.15) is 66.7 Å². The van der Waals surface area contributed by atoms with E-state index in [1.807, 2.05) is 0 Å². The Kier molecular flexibility index (Phi) is 14.6. The first-order valence-corrected chi connectivity index (χ1v) is 26.2. The number of rotatable bonds is 16. The van der Waals surface area contributed by atoms with Gasteiger partial charge in [0.2, 0.25) is 0 Å². The van der Waals surface area contributed by atoms with Crippen LogP contribution in [0.15, 0.2) is 243 Å². The van der Waals surface area contributed by atoms with E-state index in [2.05, 4.69) is 243 Å². The van der Waals surface area contributed by atoms with Gasteiger partial charge in [-0.05, 0) is 0 Å². The van der Waals surface area contributed by atoms with Crippen molar-refractivity contribution in [3.05, 3.63) is 287 Å². The van der Waals surface area contributed by atoms with Gasteiger partial charge in [0.1, 0.15) is 0 Å². The maximum absolute atomic E-state index is 2.35. The molecule has 0 nitrogen and oxygen atoms in total. The molecule has 8 aromatic rings. The Labute approximate surface area is 366 Å². The summed E-state index contributed by atoms with van der Waals surface area (Å²) in [6.07, 6.45) is 0. The van der Waals surface area contributed by atoms with E-state index in [1.165, 1.54) is 44.5 Å². The molecule has 0 saturated carbocycles. The molecule has 8 radical (unpaired) electrons. The van der Waals surface area contributed by atoms with Gasteiger partial charge < -0.3 is 0 Å². The summed E-state index contributed by atoms with van der Waals surface area (Å²) in [6.45, 7) is 0. The van der Waals surface area contributed by atoms with Gasteiger partial charge in [0.15, 0.2) is 0 Å². The van der Waals surface area contributed by atoms with Crippen LogP contribution in [0.3, 0.4) is 0 Å². The molecule has 0 bridgehead atoms. The molecular weight excluding hydrogens is 840 g/mol. The molecular formula is C54H44SeSi4. The number of hydrogen-bond acceptors (Lipinski definition) is 0. The van der Waals surface area contributed by atoms with Crippen molar-refractivity contribution in [2.45, 2.75) is 22.2 Å². The van der Waals surface area contributed by atoms with Crippen molar-refractivity contribution in [1.29, 1.82) is 0 Å². The summed E-state index contributed by atoms with van der Waals surface area (Å²) in [5.41, 5.74) is 12.4. The third kappa shape index (κ3) is 11.1. The van der Waals surface area contributed by atoms with Crippen LogP contribution in [0.25, 0.3) is 0 Å². The van der Waals surface area contributed by atoms with Crippen molar-refractivity contribution in [2.75, 3.05) is 0 Å². The molecule has 59 heavy (non-hydrogen) atoms. The van der Waals surface area contributed by atoms with Gasteiger partial charge in [0.25, 0.3) is 0 Å². The number of hydrogen-bond donors (Lipinski definition) is 0. The van der Waals surface area contributed by atoms with Crippen LogP contribution in [0.4, 0.5) is 0 Å². The zero-order chi connectivity index (χ0) is 39.9. The predicted octanol–water partition coefficient (Wildman–Crippen LogP) is 10.8. The van der Waals surface area contributed by atoms with Crippen LogP contribution in [0, 0.1) is 0 Å². The van der Waals surface area contributed by atoms with Gasteiger partial charge in [0, 0.05) is 0 Å². The van der Waals surface area contributed by atoms with E-state index in [1.54, 1.807) is 7.33 Å². The molecule has 0 unspecified atom stereocenters. The van der Waals surface area contributed by atoms with Crippen molar-refractivity contribution in [3.8, 4) is 0 Å². The Morgan fingerprint density at radius 2 is 0.356 bits per heavy atom. The van der Waals surface area contributed by atoms with E-state index >= 15 is 0 Å². The average Bonchev–Trinajstić information content (AvgIpc) is 3.32. The zero-order valence-electron chi connectivity index (χ0n) is 32.8. The summed E-state index contributed by atoms with van der Waals surface area (Å²) in [7, 11) is 2.60. The van der Waals surface area contributed by atoms with Gasteiger partial charge >= 0.3 is 369 Å². The maximum atomic E-state index is 2.35. The summed E-state index contributed by atoms with van der Waals surface area (Å²) in [4.78, 5) is 0. The van der Waals surface area contributed by atoms with Crippen molar-refractivity contribution >= 4 is 59.5 Å². The molecule has 0 aliphatic rings. The van der Waals surface area contributed by atoms with Crippen molar-refractivity contribution < 1.29 is 0 Å². The fourth-order valence-corrected chi connectivity index (χ4v) is 23.1. The van der Waals surface area contributed by atoms with Crippen LogP contribution in [-0.2, 0) is 0 Å². The van der Waals surface area contributed by atoms with E-state index in [4.69, 9.17) is 0 Å². The molecule has 0 aromatic heterocycles. The number of benzene rings is 8. The predicted molar refractivity (Wildman–Crippen MR) is 258 cm³/mol. The molecule has 8 aromatic carbocycles. The Bertz CT molecular complexity index is 2010. The van der Waals surface area contributed by atoms with Crippen LogP contribution in [0.5, 0.6) is 0 Å². The summed E-state index contributed by atoms with van der Waals surface area (Å²) < 4.78 is 3.45. The minimum absolute atomic E-state index is 0.154. The van der Waals surface area contributed by atoms with E-state index in [0.717, 1.165) is 0 Å². The SMILES string of the molecule is c1ccc(C([Si]C([Si]C(c2ccccc2)c2ccccc2)=[Se]=C([Si]C(c2ccccc2)c2ccccc2)[Si]C(c2ccccc2)c2ccccc2)c2ccccc2)cc1. The Morgan fingerprint density at radius 3 is 0.492 bits per heavy atom. The van der Waals surface area contributed by atoms with Crippen LogP contribution in [0.2, 0.25) is 0 Å². The summed E-state index contributed by atoms with van der Waals surface area (Å²) >= 11 is 0.154. The van der Waals surface area contributed by atoms with E-state index in [0.29, 0.717) is 60.2 Å². The van der Waals surface area contributed by atoms with E-state index in [-0.39, 0.29) is 14.1 Å². The van der Waals surface area contributed by atoms with Gasteiger partial charge in [-0.1, -0.05) is 0 Å². The van der Waals surface area contributed by atoms with Gasteiger partial charge in [-0.2, -0.15) is 0 Å². The molecule has 0 aliphatic heterocycles. The monoisotopic (exact) mass is 884 g/mol. The first-order chi connectivity index (χ1) is 29.3. The molecule has 282 valence electrons. The molecule has 0 atom stereocenters. The Hall–Kier alpha value is -5.11. The van der Waals surface area contributed by atoms with Crippen molar-refractivity contribution in [2.24, 2.45) is 0 Å². The van der Waals surface area contributed by atoms with E-state index < -0.39 is 0 Å². The molecule has 0 N–H and O–H groups in total. The molecule has 0 saturated heterocycles. The minimum atomic E-state index is 0.154. The van der Waals surface area contributed by atoms with Crippen LogP contribution >= 0.6 is 0 Å². The first-order valence-electron chi connectivity index (χ1n) is 20.2. The van der Waals surface area contributed by atoms with Gasteiger partial charge in [0.05, 0.1) is 0 Å². The third-order valence-corrected chi connectivity index (χ3v) is 22.9. The topological polar surface area (TPSA) is 0 Å². The summed E-state index contributed by atoms with van der Waals surface area (Å²) in [5, 5.41) is 0. The second-order valence-corrected chi connectivity index (χ2v) is 26.2. The van der Waals surface area contributed by atoms with Crippen LogP contribution < -0.4 is 0 Å². The molecule has 0 heterocycles. The summed E-state index contributed by atoms with van der Waals surface area (Å²) in [6, 6.07) is 90.3. The molecule has 0 aliphatic carbocycles. The van der Waals surface area contributed by atoms with Gasteiger partial charge in [-0.3, -0.25) is 0 Å².